The first-order chi connectivity index (χ1) is 33.9. The number of piperidine rings is 1. The van der Waals surface area contributed by atoms with Gasteiger partial charge in [-0.2, -0.15) is 0 Å². The number of ether oxygens (including phenoxy) is 4. The molecular formula is C54H86N6O12. The smallest absolute Gasteiger partial charge is 0.329 e. The van der Waals surface area contributed by atoms with Gasteiger partial charge in [-0.1, -0.05) is 71.1 Å². The maximum Gasteiger partial charge on any atom is 0.329 e. The summed E-state index contributed by atoms with van der Waals surface area (Å²) in [4.78, 5) is 79.2. The first kappa shape index (κ1) is 60.0. The molecule has 2 unspecified atom stereocenters. The molecule has 15 atom stereocenters. The Labute approximate surface area is 427 Å². The van der Waals surface area contributed by atoms with E-state index < -0.39 is 83.8 Å². The lowest BCUT2D eigenvalue weighted by Crippen LogP contribution is -2.61. The van der Waals surface area contributed by atoms with Crippen LogP contribution in [0.3, 0.4) is 0 Å². The second-order valence-electron chi connectivity index (χ2n) is 21.3. The SMILES string of the molecule is CO[C@@H]1C[C@@H](CC(C)[C@@H]2CC(=O)[C@H](C)/C=C(\C)[C@@H](O)[C@@H](OC)C(=O)[C@H](C)C[C@H](C)/C=C/C=C/C=C(/C)[C@H](/N=C(/NC(=N)N)N(C)C)C[C@@H]3CC[C@@H](C)[C@@](O)(O3)C(=O)C(=O)N3CCCCC3C(=O)O2)CC[C@H]1O. The Balaban J connectivity index is 1.77. The molecular weight excluding hydrogens is 925 g/mol. The van der Waals surface area contributed by atoms with Crippen LogP contribution in [0.1, 0.15) is 126 Å². The normalized spacial score (nSPS) is 37.8. The minimum atomic E-state index is -2.53. The number of hydrogen-bond acceptors (Lipinski definition) is 14. The summed E-state index contributed by atoms with van der Waals surface area (Å²) in [6, 6.07) is -1.80. The topological polar surface area (TPSA) is 264 Å². The number of hydrogen-bond donors (Lipinski definition) is 6. The molecule has 3 aliphatic heterocycles. The van der Waals surface area contributed by atoms with Crippen molar-refractivity contribution in [3.63, 3.8) is 0 Å². The van der Waals surface area contributed by atoms with Gasteiger partial charge in [0.1, 0.15) is 30.1 Å². The van der Waals surface area contributed by atoms with Crippen molar-refractivity contribution in [3.05, 3.63) is 47.6 Å². The molecule has 7 N–H and O–H groups in total. The summed E-state index contributed by atoms with van der Waals surface area (Å²) in [5.41, 5.74) is 6.86. The Kier molecular flexibility index (Phi) is 23.0. The van der Waals surface area contributed by atoms with Crippen molar-refractivity contribution in [2.45, 2.75) is 180 Å². The van der Waals surface area contributed by atoms with E-state index >= 15 is 0 Å². The fraction of sp³-hybridized carbons (Fsp3) is 0.722. The number of fused-ring (bicyclic) bond motifs is 3. The van der Waals surface area contributed by atoms with Gasteiger partial charge in [0.15, 0.2) is 11.7 Å². The number of rotatable bonds is 6. The van der Waals surface area contributed by atoms with Gasteiger partial charge in [0, 0.05) is 65.5 Å². The van der Waals surface area contributed by atoms with E-state index in [1.54, 1.807) is 59.9 Å². The van der Waals surface area contributed by atoms with Gasteiger partial charge in [0.2, 0.25) is 11.7 Å². The van der Waals surface area contributed by atoms with Crippen LogP contribution in [0.15, 0.2) is 52.6 Å². The molecule has 0 aromatic rings. The molecule has 2 bridgehead atoms. The van der Waals surface area contributed by atoms with Gasteiger partial charge in [-0.25, -0.2) is 9.79 Å². The van der Waals surface area contributed by atoms with Crippen LogP contribution < -0.4 is 11.1 Å². The van der Waals surface area contributed by atoms with Crippen molar-refractivity contribution in [2.75, 3.05) is 34.9 Å². The monoisotopic (exact) mass is 1010 g/mol. The van der Waals surface area contributed by atoms with E-state index in [1.807, 2.05) is 51.2 Å². The van der Waals surface area contributed by atoms with Gasteiger partial charge in [-0.05, 0) is 107 Å². The highest BCUT2D eigenvalue weighted by Gasteiger charge is 2.53. The fourth-order valence-electron chi connectivity index (χ4n) is 10.5. The van der Waals surface area contributed by atoms with E-state index in [0.717, 1.165) is 5.57 Å². The number of aliphatic imine (C=N–C) groups is 1. The summed E-state index contributed by atoms with van der Waals surface area (Å²) < 4.78 is 23.7. The highest BCUT2D eigenvalue weighted by Crippen LogP contribution is 2.38. The lowest BCUT2D eigenvalue weighted by molar-refractivity contribution is -0.263. The van der Waals surface area contributed by atoms with E-state index in [0.29, 0.717) is 63.4 Å². The summed E-state index contributed by atoms with van der Waals surface area (Å²) >= 11 is 0. The van der Waals surface area contributed by atoms with E-state index in [4.69, 9.17) is 35.1 Å². The summed E-state index contributed by atoms with van der Waals surface area (Å²) in [6.45, 7) is 12.6. The predicted molar refractivity (Wildman–Crippen MR) is 274 cm³/mol. The molecule has 0 aromatic heterocycles. The average molecular weight is 1010 g/mol. The molecule has 4 aliphatic rings. The first-order valence-electron chi connectivity index (χ1n) is 25.9. The van der Waals surface area contributed by atoms with Gasteiger partial charge in [0.05, 0.1) is 24.4 Å². The molecule has 18 heteroatoms. The third-order valence-corrected chi connectivity index (χ3v) is 15.2. The zero-order chi connectivity index (χ0) is 53.6. The number of guanidine groups is 2. The van der Waals surface area contributed by atoms with Crippen LogP contribution in [-0.2, 0) is 42.9 Å². The molecule has 4 rings (SSSR count). The van der Waals surface area contributed by atoms with Crippen LogP contribution in [0.4, 0.5) is 0 Å². The minimum Gasteiger partial charge on any atom is -0.460 e. The third-order valence-electron chi connectivity index (χ3n) is 15.2. The highest BCUT2D eigenvalue weighted by atomic mass is 16.6. The molecule has 1 saturated carbocycles. The first-order valence-corrected chi connectivity index (χ1v) is 25.9. The average Bonchev–Trinajstić information content (AvgIpc) is 3.33. The molecule has 72 heavy (non-hydrogen) atoms. The largest absolute Gasteiger partial charge is 0.460 e. The molecule has 18 nitrogen and oxygen atoms in total. The molecule has 404 valence electrons. The van der Waals surface area contributed by atoms with E-state index in [-0.39, 0.29) is 73.2 Å². The number of esters is 1. The van der Waals surface area contributed by atoms with Gasteiger partial charge < -0.3 is 49.8 Å². The maximum absolute atomic E-state index is 14.5. The minimum absolute atomic E-state index is 0.0354. The van der Waals surface area contributed by atoms with Crippen LogP contribution in [0.25, 0.3) is 0 Å². The number of methoxy groups -OCH3 is 2. The third kappa shape index (κ3) is 16.2. The van der Waals surface area contributed by atoms with Crippen molar-refractivity contribution in [1.29, 1.82) is 5.41 Å². The number of cyclic esters (lactones) is 1. The Hall–Kier alpha value is -4.59. The molecule has 0 radical (unpaired) electrons. The number of amides is 1. The maximum atomic E-state index is 14.5. The standard InChI is InChI=1S/C54H86N6O12/c1-31-17-13-12-14-18-32(2)40(57-53(59(8)9)58-52(55)56)29-39-22-20-37(7)54(68,72-39)49(65)50(66)60-24-16-15-19-41(60)51(67)71-44(34(4)27-38-21-23-42(61)45(28-38)69-10)30-43(62)33(3)26-36(6)47(64)48(70-11)46(63)35(5)25-31/h12-14,17-18,26,31,33-35,37-42,44-45,47-48,61,64,68H,15-16,19-25,27-30H2,1-11H3,(H4,55,56,57,58)/b14-12+,17-13+,32-18-,36-26+/t31-,33-,34?,35-,37-,38-,39+,40-,41?,42-,44+,45-,47-,48+,54-/m1/s1. The summed E-state index contributed by atoms with van der Waals surface area (Å²) in [6.07, 6.45) is 10.6. The Bertz CT molecular complexity index is 2050. The number of Topliss-reactive ketones (excluding diaryl/α,β-unsaturated/α-hetero) is 3. The van der Waals surface area contributed by atoms with Crippen LogP contribution in [0.5, 0.6) is 0 Å². The van der Waals surface area contributed by atoms with Gasteiger partial charge >= 0.3 is 5.97 Å². The molecule has 3 fully saturated rings. The molecule has 1 aliphatic carbocycles. The Morgan fingerprint density at radius 1 is 0.958 bits per heavy atom. The van der Waals surface area contributed by atoms with Crippen molar-refractivity contribution >= 4 is 41.1 Å². The molecule has 0 spiro atoms. The molecule has 0 aromatic carbocycles. The summed E-state index contributed by atoms with van der Waals surface area (Å²) in [7, 11) is 6.41. The van der Waals surface area contributed by atoms with Crippen LogP contribution in [0.2, 0.25) is 0 Å². The number of carbonyl (C=O) groups excluding carboxylic acids is 5. The molecule has 3 heterocycles. The summed E-state index contributed by atoms with van der Waals surface area (Å²) in [5.74, 6) is -8.51. The Morgan fingerprint density at radius 3 is 2.32 bits per heavy atom. The second kappa shape index (κ2) is 27.6. The van der Waals surface area contributed by atoms with Crippen molar-refractivity contribution < 1.29 is 58.2 Å². The Morgan fingerprint density at radius 2 is 1.67 bits per heavy atom. The molecule has 2 saturated heterocycles. The summed E-state index contributed by atoms with van der Waals surface area (Å²) in [5, 5.41) is 44.9. The number of allylic oxidation sites excluding steroid dienone is 6. The van der Waals surface area contributed by atoms with Gasteiger partial charge in [-0.15, -0.1) is 0 Å². The number of nitrogens with zero attached hydrogens (tertiary/aromatic N) is 3. The predicted octanol–water partition coefficient (Wildman–Crippen LogP) is 4.93. The van der Waals surface area contributed by atoms with E-state index in [9.17, 15) is 39.3 Å². The second-order valence-corrected chi connectivity index (χ2v) is 21.3. The van der Waals surface area contributed by atoms with Gasteiger partial charge in [-0.3, -0.25) is 29.9 Å². The zero-order valence-electron chi connectivity index (χ0n) is 44.7. The van der Waals surface area contributed by atoms with Crippen LogP contribution >= 0.6 is 0 Å². The number of nitrogens with one attached hydrogen (secondary N) is 2. The molecule has 1 amide bonds. The fourth-order valence-corrected chi connectivity index (χ4v) is 10.5. The quantitative estimate of drug-likeness (QED) is 0.0677. The van der Waals surface area contributed by atoms with E-state index in [2.05, 4.69) is 5.32 Å². The lowest BCUT2D eigenvalue weighted by atomic mass is 9.78. The van der Waals surface area contributed by atoms with Crippen molar-refractivity contribution in [1.82, 2.24) is 15.1 Å². The number of aliphatic hydroxyl groups is 3. The number of nitrogens with two attached hydrogens (primary N) is 1. The lowest BCUT2D eigenvalue weighted by Gasteiger charge is -2.42. The van der Waals surface area contributed by atoms with Crippen molar-refractivity contribution in [2.24, 2.45) is 46.2 Å². The number of carbonyl (C=O) groups is 5. The number of aliphatic hydroxyl groups excluding tert-OH is 2. The van der Waals surface area contributed by atoms with E-state index in [1.165, 1.54) is 12.0 Å². The van der Waals surface area contributed by atoms with Crippen molar-refractivity contribution in [3.8, 4) is 0 Å². The van der Waals surface area contributed by atoms with Gasteiger partial charge in [0.25, 0.3) is 11.7 Å². The van der Waals surface area contributed by atoms with Crippen LogP contribution in [0, 0.1) is 40.9 Å². The van der Waals surface area contributed by atoms with Crippen LogP contribution in [-0.4, -0.2) is 156 Å². The number of ketones is 3. The zero-order valence-corrected chi connectivity index (χ0v) is 44.7. The highest BCUT2D eigenvalue weighted by molar-refractivity contribution is 6.39.